The molecule has 0 unspecified atom stereocenters. The number of nitrogens with one attached hydrogen (secondary N) is 1. The lowest BCUT2D eigenvalue weighted by atomic mass is 10.1. The van der Waals surface area contributed by atoms with E-state index in [-0.39, 0.29) is 17.4 Å². The van der Waals surface area contributed by atoms with Crippen LogP contribution in [0.5, 0.6) is 0 Å². The van der Waals surface area contributed by atoms with Gasteiger partial charge in [0.15, 0.2) is 0 Å². The van der Waals surface area contributed by atoms with Gasteiger partial charge in [-0.2, -0.15) is 0 Å². The van der Waals surface area contributed by atoms with E-state index in [1.807, 2.05) is 0 Å². The van der Waals surface area contributed by atoms with Gasteiger partial charge in [0, 0.05) is 14.9 Å². The second kappa shape index (κ2) is 4.78. The highest BCUT2D eigenvalue weighted by atomic mass is 79.9. The Morgan fingerprint density at radius 1 is 1.29 bits per heavy atom. The Morgan fingerprint density at radius 2 is 1.94 bits per heavy atom. The molecule has 1 fully saturated rings. The molecule has 2 rings (SSSR count). The van der Waals surface area contributed by atoms with E-state index >= 15 is 0 Å². The Labute approximate surface area is 115 Å². The van der Waals surface area contributed by atoms with Crippen molar-refractivity contribution in [2.24, 2.45) is 5.92 Å². The molecule has 1 aromatic carbocycles. The van der Waals surface area contributed by atoms with Crippen molar-refractivity contribution in [3.8, 4) is 0 Å². The fourth-order valence-electron chi connectivity index (χ4n) is 1.44. The van der Waals surface area contributed by atoms with Crippen LogP contribution in [0.15, 0.2) is 21.1 Å². The Balaban J connectivity index is 2.36. The molecule has 0 saturated heterocycles. The summed E-state index contributed by atoms with van der Waals surface area (Å²) in [4.78, 5) is 22.8. The van der Waals surface area contributed by atoms with E-state index in [9.17, 15) is 9.59 Å². The Hall–Kier alpha value is -0.880. The van der Waals surface area contributed by atoms with Crippen LogP contribution in [-0.2, 0) is 4.79 Å². The van der Waals surface area contributed by atoms with Crippen LogP contribution in [0.25, 0.3) is 0 Å². The molecular weight excluding hydrogens is 354 g/mol. The average Bonchev–Trinajstić information content (AvgIpc) is 3.04. The van der Waals surface area contributed by atoms with Crippen molar-refractivity contribution in [3.05, 3.63) is 26.6 Å². The number of halogens is 2. The zero-order valence-electron chi connectivity index (χ0n) is 8.67. The predicted molar refractivity (Wildman–Crippen MR) is 70.2 cm³/mol. The summed E-state index contributed by atoms with van der Waals surface area (Å²) in [5.41, 5.74) is 0.387. The van der Waals surface area contributed by atoms with E-state index in [1.165, 1.54) is 6.07 Å². The normalized spacial score (nSPS) is 14.5. The molecule has 1 aliphatic carbocycles. The number of aromatic carboxylic acids is 1. The Bertz CT molecular complexity index is 498. The van der Waals surface area contributed by atoms with Crippen LogP contribution in [-0.4, -0.2) is 17.0 Å². The third kappa shape index (κ3) is 2.87. The molecule has 1 aliphatic rings. The highest BCUT2D eigenvalue weighted by Gasteiger charge is 2.30. The van der Waals surface area contributed by atoms with Gasteiger partial charge in [0.2, 0.25) is 5.91 Å². The highest BCUT2D eigenvalue weighted by molar-refractivity contribution is 9.11. The molecule has 4 nitrogen and oxygen atoms in total. The monoisotopic (exact) mass is 361 g/mol. The molecule has 17 heavy (non-hydrogen) atoms. The number of carboxylic acids is 1. The molecule has 0 bridgehead atoms. The van der Waals surface area contributed by atoms with Gasteiger partial charge < -0.3 is 10.4 Å². The topological polar surface area (TPSA) is 66.4 Å². The largest absolute Gasteiger partial charge is 0.478 e. The zero-order valence-corrected chi connectivity index (χ0v) is 11.8. The molecular formula is C11H9Br2NO3. The molecule has 0 aliphatic heterocycles. The molecule has 0 spiro atoms. The third-order valence-electron chi connectivity index (χ3n) is 2.48. The van der Waals surface area contributed by atoms with Crippen molar-refractivity contribution >= 4 is 49.4 Å². The van der Waals surface area contributed by atoms with E-state index in [2.05, 4.69) is 37.2 Å². The minimum atomic E-state index is -1.07. The summed E-state index contributed by atoms with van der Waals surface area (Å²) < 4.78 is 1.20. The minimum absolute atomic E-state index is 0.0344. The van der Waals surface area contributed by atoms with Gasteiger partial charge in [0.05, 0.1) is 11.3 Å². The molecule has 6 heteroatoms. The van der Waals surface area contributed by atoms with Crippen LogP contribution < -0.4 is 5.32 Å². The van der Waals surface area contributed by atoms with E-state index in [0.717, 1.165) is 12.8 Å². The minimum Gasteiger partial charge on any atom is -0.478 e. The molecule has 0 heterocycles. The average molecular weight is 363 g/mol. The van der Waals surface area contributed by atoms with Crippen molar-refractivity contribution in [1.82, 2.24) is 0 Å². The molecule has 2 N–H and O–H groups in total. The lowest BCUT2D eigenvalue weighted by Crippen LogP contribution is -2.16. The first-order valence-electron chi connectivity index (χ1n) is 5.02. The first kappa shape index (κ1) is 12.6. The molecule has 0 radical (unpaired) electrons. The second-order valence-electron chi connectivity index (χ2n) is 3.88. The van der Waals surface area contributed by atoms with Crippen molar-refractivity contribution in [2.45, 2.75) is 12.8 Å². The molecule has 0 atom stereocenters. The highest BCUT2D eigenvalue weighted by Crippen LogP contribution is 2.34. The SMILES string of the molecule is O=C(O)c1cc(Br)cc(Br)c1NC(=O)C1CC1. The van der Waals surface area contributed by atoms with Crippen molar-refractivity contribution in [3.63, 3.8) is 0 Å². The number of carboxylic acid groups (broad SMARTS) is 1. The van der Waals surface area contributed by atoms with Crippen LogP contribution in [0.3, 0.4) is 0 Å². The lowest BCUT2D eigenvalue weighted by molar-refractivity contribution is -0.117. The number of anilines is 1. The fourth-order valence-corrected chi connectivity index (χ4v) is 2.76. The number of benzene rings is 1. The first-order valence-corrected chi connectivity index (χ1v) is 6.61. The van der Waals surface area contributed by atoms with E-state index in [1.54, 1.807) is 6.07 Å². The number of carbonyl (C=O) groups excluding carboxylic acids is 1. The van der Waals surface area contributed by atoms with Gasteiger partial charge in [0.1, 0.15) is 0 Å². The summed E-state index contributed by atoms with van der Waals surface area (Å²) in [6, 6.07) is 3.17. The van der Waals surface area contributed by atoms with Crippen molar-refractivity contribution in [1.29, 1.82) is 0 Å². The number of carbonyl (C=O) groups is 2. The predicted octanol–water partition coefficient (Wildman–Crippen LogP) is 3.26. The maximum atomic E-state index is 11.7. The molecule has 1 aromatic rings. The zero-order chi connectivity index (χ0) is 12.6. The lowest BCUT2D eigenvalue weighted by Gasteiger charge is -2.11. The maximum Gasteiger partial charge on any atom is 0.337 e. The van der Waals surface area contributed by atoms with Gasteiger partial charge in [-0.15, -0.1) is 0 Å². The number of hydrogen-bond donors (Lipinski definition) is 2. The number of hydrogen-bond acceptors (Lipinski definition) is 2. The second-order valence-corrected chi connectivity index (χ2v) is 5.65. The number of amides is 1. The third-order valence-corrected chi connectivity index (χ3v) is 3.57. The van der Waals surface area contributed by atoms with Gasteiger partial charge in [-0.05, 0) is 40.9 Å². The summed E-state index contributed by atoms with van der Waals surface area (Å²) >= 11 is 6.47. The van der Waals surface area contributed by atoms with Crippen molar-refractivity contribution < 1.29 is 14.7 Å². The van der Waals surface area contributed by atoms with Gasteiger partial charge in [-0.3, -0.25) is 4.79 Å². The number of rotatable bonds is 3. The molecule has 90 valence electrons. The van der Waals surface area contributed by atoms with Crippen LogP contribution in [0.1, 0.15) is 23.2 Å². The smallest absolute Gasteiger partial charge is 0.337 e. The van der Waals surface area contributed by atoms with E-state index in [4.69, 9.17) is 5.11 Å². The molecule has 1 saturated carbocycles. The van der Waals surface area contributed by atoms with Gasteiger partial charge in [0.25, 0.3) is 0 Å². The summed E-state index contributed by atoms with van der Waals surface area (Å²) in [6.07, 6.45) is 1.75. The van der Waals surface area contributed by atoms with Crippen LogP contribution in [0, 0.1) is 5.92 Å². The van der Waals surface area contributed by atoms with E-state index in [0.29, 0.717) is 14.6 Å². The summed E-state index contributed by atoms with van der Waals surface area (Å²) in [5.74, 6) is -1.15. The van der Waals surface area contributed by atoms with Gasteiger partial charge in [-0.25, -0.2) is 4.79 Å². The van der Waals surface area contributed by atoms with Gasteiger partial charge >= 0.3 is 5.97 Å². The van der Waals surface area contributed by atoms with Crippen molar-refractivity contribution in [2.75, 3.05) is 5.32 Å². The van der Waals surface area contributed by atoms with Crippen LogP contribution >= 0.6 is 31.9 Å². The van der Waals surface area contributed by atoms with Crippen LogP contribution in [0.4, 0.5) is 5.69 Å². The molecule has 0 aromatic heterocycles. The summed E-state index contributed by atoms with van der Waals surface area (Å²) in [5, 5.41) is 11.8. The molecule has 1 amide bonds. The van der Waals surface area contributed by atoms with Crippen LogP contribution in [0.2, 0.25) is 0 Å². The quantitative estimate of drug-likeness (QED) is 0.867. The van der Waals surface area contributed by atoms with Gasteiger partial charge in [-0.1, -0.05) is 15.9 Å². The Morgan fingerprint density at radius 3 is 2.47 bits per heavy atom. The fraction of sp³-hybridized carbons (Fsp3) is 0.273. The standard InChI is InChI=1S/C11H9Br2NO3/c12-6-3-7(11(16)17)9(8(13)4-6)14-10(15)5-1-2-5/h3-5H,1-2H2,(H,14,15)(H,16,17). The first-order chi connectivity index (χ1) is 7.99. The summed E-state index contributed by atoms with van der Waals surface area (Å²) in [7, 11) is 0. The van der Waals surface area contributed by atoms with E-state index < -0.39 is 5.97 Å². The summed E-state index contributed by atoms with van der Waals surface area (Å²) in [6.45, 7) is 0. The Kier molecular flexibility index (Phi) is 3.53. The maximum absolute atomic E-state index is 11.7.